The molecule has 0 unspecified atom stereocenters. The fourth-order valence-electron chi connectivity index (χ4n) is 1.66. The number of ether oxygens (including phenoxy) is 1. The Morgan fingerprint density at radius 3 is 2.81 bits per heavy atom. The van der Waals surface area contributed by atoms with Crippen LogP contribution in [0.15, 0.2) is 51.8 Å². The molecule has 2 rings (SSSR count). The first-order valence-corrected chi connectivity index (χ1v) is 8.26. The van der Waals surface area contributed by atoms with Crippen LogP contribution >= 0.6 is 39.3 Å². The van der Waals surface area contributed by atoms with Gasteiger partial charge in [-0.05, 0) is 36.4 Å². The predicted molar refractivity (Wildman–Crippen MR) is 88.8 cm³/mol. The van der Waals surface area contributed by atoms with E-state index < -0.39 is 5.97 Å². The molecule has 0 spiro atoms. The van der Waals surface area contributed by atoms with Crippen molar-refractivity contribution in [1.29, 1.82) is 0 Å². The van der Waals surface area contributed by atoms with Crippen molar-refractivity contribution in [3.8, 4) is 5.75 Å². The second kappa shape index (κ2) is 7.73. The van der Waals surface area contributed by atoms with E-state index >= 15 is 0 Å². The predicted octanol–water partition coefficient (Wildman–Crippen LogP) is 4.97. The van der Waals surface area contributed by atoms with Crippen molar-refractivity contribution in [1.82, 2.24) is 0 Å². The Morgan fingerprint density at radius 2 is 2.10 bits per heavy atom. The lowest BCUT2D eigenvalue weighted by molar-refractivity contribution is 0.0693. The molecule has 3 nitrogen and oxygen atoms in total. The van der Waals surface area contributed by atoms with Crippen LogP contribution in [0.1, 0.15) is 10.4 Å². The molecule has 0 atom stereocenters. The van der Waals surface area contributed by atoms with Crippen molar-refractivity contribution in [3.63, 3.8) is 0 Å². The molecule has 0 amide bonds. The van der Waals surface area contributed by atoms with Gasteiger partial charge in [0.05, 0.1) is 12.2 Å². The second-order valence-electron chi connectivity index (χ2n) is 4.10. The minimum absolute atomic E-state index is 0.297. The number of thioether (sulfide) groups is 1. The SMILES string of the molecule is O=C(O)c1ccc(Br)cc1SCCOc1cccc(Cl)c1. The molecule has 0 fully saturated rings. The number of hydrogen-bond donors (Lipinski definition) is 1. The Kier molecular flexibility index (Phi) is 5.96. The average Bonchev–Trinajstić information content (AvgIpc) is 2.43. The molecule has 0 saturated carbocycles. The van der Waals surface area contributed by atoms with E-state index in [0.717, 1.165) is 4.47 Å². The van der Waals surface area contributed by atoms with Crippen LogP contribution < -0.4 is 4.74 Å². The van der Waals surface area contributed by atoms with Crippen molar-refractivity contribution in [2.75, 3.05) is 12.4 Å². The zero-order valence-electron chi connectivity index (χ0n) is 10.9. The van der Waals surface area contributed by atoms with Crippen molar-refractivity contribution < 1.29 is 14.6 Å². The maximum Gasteiger partial charge on any atom is 0.336 e. The van der Waals surface area contributed by atoms with Gasteiger partial charge in [-0.25, -0.2) is 4.79 Å². The van der Waals surface area contributed by atoms with Crippen molar-refractivity contribution in [2.24, 2.45) is 0 Å². The van der Waals surface area contributed by atoms with E-state index in [9.17, 15) is 4.79 Å². The summed E-state index contributed by atoms with van der Waals surface area (Å²) < 4.78 is 6.43. The lowest BCUT2D eigenvalue weighted by Gasteiger charge is -2.08. The topological polar surface area (TPSA) is 46.5 Å². The molecule has 0 heterocycles. The Hall–Kier alpha value is -1.17. The Balaban J connectivity index is 1.91. The van der Waals surface area contributed by atoms with E-state index in [1.165, 1.54) is 11.8 Å². The van der Waals surface area contributed by atoms with Crippen LogP contribution in [-0.2, 0) is 0 Å². The molecule has 110 valence electrons. The molecule has 0 bridgehead atoms. The summed E-state index contributed by atoms with van der Waals surface area (Å²) in [5.41, 5.74) is 0.297. The molecule has 2 aromatic rings. The molecule has 0 aliphatic rings. The summed E-state index contributed by atoms with van der Waals surface area (Å²) in [5.74, 6) is 0.417. The molecule has 0 radical (unpaired) electrons. The van der Waals surface area contributed by atoms with Crippen molar-refractivity contribution >= 4 is 45.3 Å². The molecule has 21 heavy (non-hydrogen) atoms. The van der Waals surface area contributed by atoms with E-state index in [1.54, 1.807) is 30.3 Å². The van der Waals surface area contributed by atoms with E-state index in [4.69, 9.17) is 21.4 Å². The largest absolute Gasteiger partial charge is 0.493 e. The third kappa shape index (κ3) is 4.95. The number of rotatable bonds is 6. The zero-order valence-corrected chi connectivity index (χ0v) is 14.0. The molecule has 1 N–H and O–H groups in total. The molecule has 2 aromatic carbocycles. The average molecular weight is 388 g/mol. The first-order valence-electron chi connectivity index (χ1n) is 6.10. The minimum atomic E-state index is -0.930. The number of hydrogen-bond acceptors (Lipinski definition) is 3. The first kappa shape index (κ1) is 16.2. The van der Waals surface area contributed by atoms with Gasteiger partial charge >= 0.3 is 5.97 Å². The maximum atomic E-state index is 11.2. The zero-order chi connectivity index (χ0) is 15.2. The fraction of sp³-hybridized carbons (Fsp3) is 0.133. The standard InChI is InChI=1S/C15H12BrClO3S/c16-10-4-5-13(15(18)19)14(8-10)21-7-6-20-12-3-1-2-11(17)9-12/h1-5,8-9H,6-7H2,(H,18,19). The van der Waals surface area contributed by atoms with Gasteiger partial charge in [0.2, 0.25) is 0 Å². The van der Waals surface area contributed by atoms with Gasteiger partial charge in [-0.2, -0.15) is 0 Å². The Morgan fingerprint density at radius 1 is 1.29 bits per heavy atom. The number of carboxylic acids is 1. The van der Waals surface area contributed by atoms with Gasteiger partial charge in [0, 0.05) is 20.1 Å². The summed E-state index contributed by atoms with van der Waals surface area (Å²) in [5, 5.41) is 9.77. The van der Waals surface area contributed by atoms with Gasteiger partial charge in [-0.3, -0.25) is 0 Å². The van der Waals surface area contributed by atoms with E-state index in [-0.39, 0.29) is 0 Å². The number of carbonyl (C=O) groups is 1. The Bertz CT molecular complexity index is 649. The summed E-state index contributed by atoms with van der Waals surface area (Å²) in [6.45, 7) is 0.469. The molecule has 0 aliphatic heterocycles. The van der Waals surface area contributed by atoms with Crippen LogP contribution in [0.3, 0.4) is 0 Å². The first-order chi connectivity index (χ1) is 10.1. The van der Waals surface area contributed by atoms with Gasteiger partial charge in [0.1, 0.15) is 5.75 Å². The highest BCUT2D eigenvalue weighted by molar-refractivity contribution is 9.10. The van der Waals surface area contributed by atoms with Crippen molar-refractivity contribution in [3.05, 3.63) is 57.5 Å². The summed E-state index contributed by atoms with van der Waals surface area (Å²) >= 11 is 10.7. The summed E-state index contributed by atoms with van der Waals surface area (Å²) in [6.07, 6.45) is 0. The smallest absolute Gasteiger partial charge is 0.336 e. The maximum absolute atomic E-state index is 11.2. The molecular weight excluding hydrogens is 376 g/mol. The molecular formula is C15H12BrClO3S. The fourth-order valence-corrected chi connectivity index (χ4v) is 3.26. The van der Waals surface area contributed by atoms with Crippen LogP contribution in [0.4, 0.5) is 0 Å². The van der Waals surface area contributed by atoms with Crippen LogP contribution in [0.2, 0.25) is 5.02 Å². The van der Waals surface area contributed by atoms with Gasteiger partial charge in [0.15, 0.2) is 0 Å². The van der Waals surface area contributed by atoms with Gasteiger partial charge in [0.25, 0.3) is 0 Å². The van der Waals surface area contributed by atoms with Gasteiger partial charge < -0.3 is 9.84 Å². The van der Waals surface area contributed by atoms with Crippen molar-refractivity contribution in [2.45, 2.75) is 4.90 Å². The summed E-state index contributed by atoms with van der Waals surface area (Å²) in [7, 11) is 0. The van der Waals surface area contributed by atoms with Gasteiger partial charge in [-0.1, -0.05) is 33.6 Å². The normalized spacial score (nSPS) is 10.4. The molecule has 0 aromatic heterocycles. The summed E-state index contributed by atoms with van der Waals surface area (Å²) in [4.78, 5) is 11.9. The molecule has 6 heteroatoms. The van der Waals surface area contributed by atoms with E-state index in [0.29, 0.717) is 33.6 Å². The third-order valence-corrected chi connectivity index (χ3v) is 4.33. The molecule has 0 saturated heterocycles. The summed E-state index contributed by atoms with van der Waals surface area (Å²) in [6, 6.07) is 12.3. The quantitative estimate of drug-likeness (QED) is 0.561. The van der Waals surface area contributed by atoms with Crippen LogP contribution in [-0.4, -0.2) is 23.4 Å². The number of aromatic carboxylic acids is 1. The highest BCUT2D eigenvalue weighted by Crippen LogP contribution is 2.27. The van der Waals surface area contributed by atoms with E-state index in [1.807, 2.05) is 12.1 Å². The number of halogens is 2. The second-order valence-corrected chi connectivity index (χ2v) is 6.59. The lowest BCUT2D eigenvalue weighted by Crippen LogP contribution is -2.03. The highest BCUT2D eigenvalue weighted by atomic mass is 79.9. The monoisotopic (exact) mass is 386 g/mol. The Labute approximate surface area is 140 Å². The molecule has 0 aliphatic carbocycles. The third-order valence-electron chi connectivity index (χ3n) is 2.58. The lowest BCUT2D eigenvalue weighted by atomic mass is 10.2. The number of carboxylic acid groups (broad SMARTS) is 1. The van der Waals surface area contributed by atoms with Crippen LogP contribution in [0, 0.1) is 0 Å². The van der Waals surface area contributed by atoms with E-state index in [2.05, 4.69) is 15.9 Å². The minimum Gasteiger partial charge on any atom is -0.493 e. The number of benzene rings is 2. The highest BCUT2D eigenvalue weighted by Gasteiger charge is 2.10. The van der Waals surface area contributed by atoms with Crippen LogP contribution in [0.25, 0.3) is 0 Å². The van der Waals surface area contributed by atoms with Crippen LogP contribution in [0.5, 0.6) is 5.75 Å². The van der Waals surface area contributed by atoms with Gasteiger partial charge in [-0.15, -0.1) is 11.8 Å².